The number of carbonyl (C=O) groups excluding carboxylic acids is 1. The molecule has 5 rings (SSSR count). The number of carbonyl (C=O) groups is 1. The monoisotopic (exact) mass is 772 g/mol. The number of aromatic nitrogens is 2. The van der Waals surface area contributed by atoms with Gasteiger partial charge in [0.15, 0.2) is 0 Å². The second-order valence-electron chi connectivity index (χ2n) is 13.9. The summed E-state index contributed by atoms with van der Waals surface area (Å²) in [5.74, 6) is 1.12. The Balaban J connectivity index is 1.62. The van der Waals surface area contributed by atoms with Crippen LogP contribution in [0.1, 0.15) is 70.4 Å². The third kappa shape index (κ3) is 9.42. The van der Waals surface area contributed by atoms with Crippen molar-refractivity contribution < 1.29 is 33.2 Å². The van der Waals surface area contributed by atoms with Gasteiger partial charge in [-0.05, 0) is 74.7 Å². The third-order valence-corrected chi connectivity index (χ3v) is 12.6. The van der Waals surface area contributed by atoms with E-state index in [-0.39, 0.29) is 49.4 Å². The number of anilines is 1. The molecule has 1 aliphatic heterocycles. The predicted molar refractivity (Wildman–Crippen MR) is 211 cm³/mol. The average molecular weight is 773 g/mol. The molecule has 1 amide bonds. The zero-order valence-corrected chi connectivity index (χ0v) is 33.3. The van der Waals surface area contributed by atoms with Crippen molar-refractivity contribution in [2.75, 3.05) is 32.3 Å². The van der Waals surface area contributed by atoms with Crippen molar-refractivity contribution in [1.29, 1.82) is 5.26 Å². The highest BCUT2D eigenvalue weighted by Crippen LogP contribution is 2.63. The van der Waals surface area contributed by atoms with E-state index in [4.69, 9.17) is 23.5 Å². The summed E-state index contributed by atoms with van der Waals surface area (Å²) in [7, 11) is -0.182. The molecule has 4 aromatic rings. The number of methoxy groups -OCH3 is 2. The van der Waals surface area contributed by atoms with Crippen LogP contribution in [0.5, 0.6) is 11.5 Å². The Labute approximate surface area is 323 Å². The SMILES string of the molecule is COc1ccc(C(OC[C@H]2O[C@@H](n3ccc(NC(C)=O)nc3=O)C[C@@H]2O[P+](O)(CCC#N)N(C(C)C)C(C)C)(c2ccccc2)c2ccc(OC)cc2)cc1. The Kier molecular flexibility index (Phi) is 13.8. The van der Waals surface area contributed by atoms with Crippen molar-refractivity contribution in [3.05, 3.63) is 118 Å². The number of hydrogen-bond acceptors (Lipinski definition) is 11. The molecule has 1 fully saturated rings. The highest BCUT2D eigenvalue weighted by atomic mass is 31.2. The average Bonchev–Trinajstić information content (AvgIpc) is 3.55. The van der Waals surface area contributed by atoms with Crippen LogP contribution in [-0.4, -0.2) is 76.3 Å². The first kappa shape index (κ1) is 41.5. The number of nitrogens with one attached hydrogen (secondary N) is 1. The van der Waals surface area contributed by atoms with Crippen LogP contribution in [0.3, 0.4) is 0 Å². The molecule has 2 N–H and O–H groups in total. The Hall–Kier alpha value is -4.67. The zero-order valence-electron chi connectivity index (χ0n) is 32.4. The van der Waals surface area contributed by atoms with Crippen LogP contribution in [-0.2, 0) is 24.4 Å². The number of hydrogen-bond donors (Lipinski definition) is 2. The van der Waals surface area contributed by atoms with E-state index in [2.05, 4.69) is 16.4 Å². The number of rotatable bonds is 17. The van der Waals surface area contributed by atoms with Crippen molar-refractivity contribution >= 4 is 19.6 Å². The van der Waals surface area contributed by atoms with Gasteiger partial charge in [0.05, 0.1) is 33.3 Å². The van der Waals surface area contributed by atoms with Gasteiger partial charge in [0.1, 0.15) is 47.5 Å². The highest BCUT2D eigenvalue weighted by molar-refractivity contribution is 7.63. The fourth-order valence-corrected chi connectivity index (χ4v) is 10.2. The summed E-state index contributed by atoms with van der Waals surface area (Å²) in [6, 6.07) is 28.7. The van der Waals surface area contributed by atoms with Gasteiger partial charge in [0.2, 0.25) is 5.91 Å². The minimum Gasteiger partial charge on any atom is -0.497 e. The van der Waals surface area contributed by atoms with Crippen LogP contribution in [0, 0.1) is 11.3 Å². The van der Waals surface area contributed by atoms with Gasteiger partial charge in [-0.3, -0.25) is 9.36 Å². The van der Waals surface area contributed by atoms with Crippen LogP contribution >= 0.6 is 7.87 Å². The zero-order chi connectivity index (χ0) is 39.8. The molecular formula is C41H51N5O8P+. The molecular weight excluding hydrogens is 721 g/mol. The van der Waals surface area contributed by atoms with Gasteiger partial charge >= 0.3 is 13.6 Å². The molecule has 14 heteroatoms. The quantitative estimate of drug-likeness (QED) is 0.0871. The van der Waals surface area contributed by atoms with Gasteiger partial charge in [0.25, 0.3) is 0 Å². The Morgan fingerprint density at radius 2 is 1.55 bits per heavy atom. The molecule has 3 aromatic carbocycles. The van der Waals surface area contributed by atoms with Crippen molar-refractivity contribution in [2.45, 2.75) is 83.6 Å². The summed E-state index contributed by atoms with van der Waals surface area (Å²) >= 11 is 0. The standard InChI is InChI=1S/C41H50N5O8P/c1-28(2)46(29(3)4)55(49,25-11-23-42)54-36-26-39(45-24-22-38(43-30(5)47)44-40(45)48)53-37(36)27-52-41(31-12-9-8-10-13-31,32-14-18-34(50-6)19-15-32)33-16-20-35(51-7)21-17-33/h8-10,12-22,24,28-29,36-37,39,49H,11,25-27H2,1-7H3/p+1/t36-,37+,39+,55?/m0/s1. The minimum atomic E-state index is -3.41. The summed E-state index contributed by atoms with van der Waals surface area (Å²) in [5, 5.41) is 12.2. The molecule has 0 radical (unpaired) electrons. The molecule has 292 valence electrons. The van der Waals surface area contributed by atoms with E-state index in [1.165, 1.54) is 23.8 Å². The van der Waals surface area contributed by atoms with Crippen LogP contribution in [0.2, 0.25) is 0 Å². The van der Waals surface area contributed by atoms with Gasteiger partial charge in [0, 0.05) is 31.6 Å². The maximum absolute atomic E-state index is 13.4. The summed E-state index contributed by atoms with van der Waals surface area (Å²) in [4.78, 5) is 41.5. The second-order valence-corrected chi connectivity index (χ2v) is 16.3. The van der Waals surface area contributed by atoms with Crippen LogP contribution in [0.15, 0.2) is 95.9 Å². The molecule has 1 aliphatic rings. The van der Waals surface area contributed by atoms with E-state index in [1.54, 1.807) is 14.2 Å². The van der Waals surface area contributed by atoms with E-state index >= 15 is 0 Å². The number of amides is 1. The van der Waals surface area contributed by atoms with Crippen molar-refractivity contribution in [3.63, 3.8) is 0 Å². The number of nitrogens with zero attached hydrogens (tertiary/aromatic N) is 4. The Bertz CT molecular complexity index is 1910. The van der Waals surface area contributed by atoms with Gasteiger partial charge in [-0.25, -0.2) is 9.69 Å². The summed E-state index contributed by atoms with van der Waals surface area (Å²) in [6.07, 6.45) is -0.553. The van der Waals surface area contributed by atoms with E-state index in [0.717, 1.165) is 16.7 Å². The minimum absolute atomic E-state index is 0.0398. The van der Waals surface area contributed by atoms with Gasteiger partial charge in [-0.15, -0.1) is 4.67 Å². The molecule has 1 aromatic heterocycles. The van der Waals surface area contributed by atoms with Gasteiger partial charge in [-0.1, -0.05) is 54.6 Å². The predicted octanol–water partition coefficient (Wildman–Crippen LogP) is 6.69. The second kappa shape index (κ2) is 18.3. The lowest BCUT2D eigenvalue weighted by molar-refractivity contribution is -0.114. The molecule has 0 aliphatic carbocycles. The number of nitriles is 1. The molecule has 0 saturated carbocycles. The Morgan fingerprint density at radius 3 is 2.04 bits per heavy atom. The lowest BCUT2D eigenvalue weighted by Crippen LogP contribution is -2.42. The van der Waals surface area contributed by atoms with Crippen LogP contribution < -0.4 is 20.5 Å². The largest absolute Gasteiger partial charge is 0.497 e. The van der Waals surface area contributed by atoms with Crippen LogP contribution in [0.25, 0.3) is 0 Å². The van der Waals surface area contributed by atoms with E-state index < -0.39 is 37.6 Å². The van der Waals surface area contributed by atoms with Crippen molar-refractivity contribution in [1.82, 2.24) is 14.2 Å². The molecule has 0 spiro atoms. The first-order chi connectivity index (χ1) is 26.3. The molecule has 0 bridgehead atoms. The third-order valence-electron chi connectivity index (χ3n) is 9.50. The lowest BCUT2D eigenvalue weighted by atomic mass is 9.80. The van der Waals surface area contributed by atoms with Crippen molar-refractivity contribution in [3.8, 4) is 17.6 Å². The topological polar surface area (TPSA) is 157 Å². The van der Waals surface area contributed by atoms with Gasteiger partial charge < -0.3 is 24.3 Å². The summed E-state index contributed by atoms with van der Waals surface area (Å²) < 4.78 is 35.0. The maximum atomic E-state index is 13.4. The van der Waals surface area contributed by atoms with E-state index in [1.807, 2.05) is 111 Å². The molecule has 1 unspecified atom stereocenters. The van der Waals surface area contributed by atoms with E-state index in [9.17, 15) is 19.7 Å². The van der Waals surface area contributed by atoms with E-state index in [0.29, 0.717) is 11.5 Å². The Morgan fingerprint density at radius 1 is 0.982 bits per heavy atom. The fraction of sp³-hybridized carbons (Fsp3) is 0.415. The first-order valence-electron chi connectivity index (χ1n) is 18.3. The fourth-order valence-electron chi connectivity index (χ4n) is 7.25. The number of benzene rings is 3. The first-order valence-corrected chi connectivity index (χ1v) is 20.1. The molecule has 4 atom stereocenters. The maximum Gasteiger partial charge on any atom is 0.351 e. The summed E-state index contributed by atoms with van der Waals surface area (Å²) in [5.41, 5.74) is 0.657. The van der Waals surface area contributed by atoms with Gasteiger partial charge in [-0.2, -0.15) is 14.8 Å². The molecule has 13 nitrogen and oxygen atoms in total. The van der Waals surface area contributed by atoms with Crippen molar-refractivity contribution in [2.24, 2.45) is 0 Å². The highest BCUT2D eigenvalue weighted by Gasteiger charge is 2.54. The molecule has 2 heterocycles. The van der Waals surface area contributed by atoms with Crippen LogP contribution in [0.4, 0.5) is 5.82 Å². The number of ether oxygens (including phenoxy) is 4. The smallest absolute Gasteiger partial charge is 0.351 e. The normalized spacial score (nSPS) is 18.3. The molecule has 55 heavy (non-hydrogen) atoms. The summed E-state index contributed by atoms with van der Waals surface area (Å²) in [6.45, 7) is 9.22. The molecule has 1 saturated heterocycles. The lowest BCUT2D eigenvalue weighted by Gasteiger charge is -2.38.